The van der Waals surface area contributed by atoms with Gasteiger partial charge in [0.25, 0.3) is 0 Å². The Labute approximate surface area is 114 Å². The van der Waals surface area contributed by atoms with Crippen LogP contribution in [0, 0.1) is 0 Å². The Hall–Kier alpha value is -1.58. The Morgan fingerprint density at radius 2 is 2.11 bits per heavy atom. The van der Waals surface area contributed by atoms with Gasteiger partial charge in [-0.3, -0.25) is 0 Å². The van der Waals surface area contributed by atoms with Crippen molar-refractivity contribution in [2.75, 3.05) is 20.2 Å². The molecule has 3 rings (SSSR count). The first kappa shape index (κ1) is 12.5. The lowest BCUT2D eigenvalue weighted by Crippen LogP contribution is -2.26. The predicted molar refractivity (Wildman–Crippen MR) is 77.2 cm³/mol. The lowest BCUT2D eigenvalue weighted by Gasteiger charge is -2.25. The number of rotatable bonds is 3. The van der Waals surface area contributed by atoms with Crippen LogP contribution in [0.5, 0.6) is 0 Å². The Morgan fingerprint density at radius 1 is 1.32 bits per heavy atom. The Bertz CT molecular complexity index is 560. The first-order chi connectivity index (χ1) is 9.31. The molecule has 1 unspecified atom stereocenters. The van der Waals surface area contributed by atoms with Crippen molar-refractivity contribution in [3.63, 3.8) is 0 Å². The Kier molecular flexibility index (Phi) is 3.40. The van der Waals surface area contributed by atoms with E-state index < -0.39 is 0 Å². The molecular weight excluding hydrogens is 236 g/mol. The van der Waals surface area contributed by atoms with Gasteiger partial charge >= 0.3 is 0 Å². The van der Waals surface area contributed by atoms with Crippen LogP contribution in [0.3, 0.4) is 0 Å². The van der Waals surface area contributed by atoms with Crippen molar-refractivity contribution in [1.29, 1.82) is 0 Å². The van der Waals surface area contributed by atoms with Gasteiger partial charge in [0.15, 0.2) is 0 Å². The van der Waals surface area contributed by atoms with Crippen molar-refractivity contribution in [3.05, 3.63) is 47.8 Å². The monoisotopic (exact) mass is 256 g/mol. The summed E-state index contributed by atoms with van der Waals surface area (Å²) < 4.78 is 8.11. The number of likely N-dealkylation sites (N-methyl/N-ethyl adjacent to an activating group) is 1. The fourth-order valence-electron chi connectivity index (χ4n) is 2.97. The molecule has 0 aliphatic carbocycles. The van der Waals surface area contributed by atoms with Crippen LogP contribution in [0.15, 0.2) is 36.5 Å². The number of hydrogen-bond donors (Lipinski definition) is 1. The number of ether oxygens (including phenoxy) is 1. The molecule has 0 radical (unpaired) electrons. The average Bonchev–Trinajstić information content (AvgIpc) is 2.79. The molecule has 0 amide bonds. The second-order valence-electron chi connectivity index (χ2n) is 5.05. The van der Waals surface area contributed by atoms with E-state index in [4.69, 9.17) is 4.74 Å². The van der Waals surface area contributed by atoms with Crippen molar-refractivity contribution in [3.8, 4) is 11.1 Å². The molecule has 19 heavy (non-hydrogen) atoms. The van der Waals surface area contributed by atoms with Gasteiger partial charge in [-0.25, -0.2) is 0 Å². The van der Waals surface area contributed by atoms with Gasteiger partial charge in [-0.2, -0.15) is 0 Å². The lowest BCUT2D eigenvalue weighted by molar-refractivity contribution is 0.0390. The van der Waals surface area contributed by atoms with Crippen LogP contribution in [0.2, 0.25) is 0 Å². The molecule has 1 aromatic carbocycles. The summed E-state index contributed by atoms with van der Waals surface area (Å²) in [6, 6.07) is 10.6. The smallest absolute Gasteiger partial charge is 0.110 e. The summed E-state index contributed by atoms with van der Waals surface area (Å²) in [5.74, 6) is 0. The van der Waals surface area contributed by atoms with E-state index in [-0.39, 0.29) is 6.10 Å². The van der Waals surface area contributed by atoms with E-state index in [9.17, 15) is 0 Å². The molecule has 2 aromatic rings. The SMILES string of the molecule is CNCC1OCCc2c(-c3ccccc3)cn(C)c21. The Morgan fingerprint density at radius 3 is 2.84 bits per heavy atom. The van der Waals surface area contributed by atoms with Crippen molar-refractivity contribution >= 4 is 0 Å². The minimum Gasteiger partial charge on any atom is -0.370 e. The van der Waals surface area contributed by atoms with Crippen LogP contribution < -0.4 is 5.32 Å². The molecule has 1 N–H and O–H groups in total. The van der Waals surface area contributed by atoms with Gasteiger partial charge in [-0.05, 0) is 24.6 Å². The maximum atomic E-state index is 5.89. The quantitative estimate of drug-likeness (QED) is 0.913. The minimum atomic E-state index is 0.163. The van der Waals surface area contributed by atoms with Crippen molar-refractivity contribution in [2.24, 2.45) is 7.05 Å². The van der Waals surface area contributed by atoms with Crippen LogP contribution in [0.1, 0.15) is 17.4 Å². The highest BCUT2D eigenvalue weighted by Gasteiger charge is 2.26. The summed E-state index contributed by atoms with van der Waals surface area (Å²) in [7, 11) is 4.08. The summed E-state index contributed by atoms with van der Waals surface area (Å²) in [6.45, 7) is 1.67. The number of nitrogens with one attached hydrogen (secondary N) is 1. The predicted octanol–water partition coefficient (Wildman–Crippen LogP) is 2.53. The van der Waals surface area contributed by atoms with Gasteiger partial charge < -0.3 is 14.6 Å². The van der Waals surface area contributed by atoms with Crippen molar-refractivity contribution in [2.45, 2.75) is 12.5 Å². The van der Waals surface area contributed by atoms with E-state index in [1.54, 1.807) is 0 Å². The van der Waals surface area contributed by atoms with Gasteiger partial charge in [0.1, 0.15) is 6.10 Å². The summed E-state index contributed by atoms with van der Waals surface area (Å²) in [5.41, 5.74) is 5.41. The van der Waals surface area contributed by atoms with Gasteiger partial charge in [-0.15, -0.1) is 0 Å². The summed E-state index contributed by atoms with van der Waals surface area (Å²) in [6.07, 6.45) is 3.40. The molecule has 100 valence electrons. The van der Waals surface area contributed by atoms with Crippen molar-refractivity contribution < 1.29 is 4.74 Å². The zero-order valence-electron chi connectivity index (χ0n) is 11.5. The molecule has 1 aromatic heterocycles. The van der Waals surface area contributed by atoms with Gasteiger partial charge in [0.05, 0.1) is 12.3 Å². The summed E-state index contributed by atoms with van der Waals surface area (Å²) in [5, 5.41) is 3.22. The number of nitrogens with zero attached hydrogens (tertiary/aromatic N) is 1. The topological polar surface area (TPSA) is 26.2 Å². The number of aryl methyl sites for hydroxylation is 1. The van der Waals surface area contributed by atoms with E-state index in [0.29, 0.717) is 0 Å². The summed E-state index contributed by atoms with van der Waals surface area (Å²) in [4.78, 5) is 0. The summed E-state index contributed by atoms with van der Waals surface area (Å²) >= 11 is 0. The van der Waals surface area contributed by atoms with Gasteiger partial charge in [-0.1, -0.05) is 30.3 Å². The maximum absolute atomic E-state index is 5.89. The molecule has 0 fully saturated rings. The van der Waals surface area contributed by atoms with E-state index in [2.05, 4.69) is 53.5 Å². The van der Waals surface area contributed by atoms with Crippen molar-refractivity contribution in [1.82, 2.24) is 9.88 Å². The van der Waals surface area contributed by atoms with E-state index in [0.717, 1.165) is 19.6 Å². The highest BCUT2D eigenvalue weighted by Crippen LogP contribution is 2.35. The normalized spacial score (nSPS) is 18.3. The molecule has 3 heteroatoms. The third-order valence-corrected chi connectivity index (χ3v) is 3.79. The first-order valence-corrected chi connectivity index (χ1v) is 6.81. The maximum Gasteiger partial charge on any atom is 0.110 e. The number of aromatic nitrogens is 1. The molecule has 0 saturated heterocycles. The zero-order chi connectivity index (χ0) is 13.2. The van der Waals surface area contributed by atoms with Crippen LogP contribution in [0.4, 0.5) is 0 Å². The molecule has 3 nitrogen and oxygen atoms in total. The van der Waals surface area contributed by atoms with E-state index >= 15 is 0 Å². The van der Waals surface area contributed by atoms with E-state index in [1.165, 1.54) is 22.4 Å². The second kappa shape index (κ2) is 5.19. The largest absolute Gasteiger partial charge is 0.370 e. The number of hydrogen-bond acceptors (Lipinski definition) is 2. The van der Waals surface area contributed by atoms with Crippen LogP contribution in [-0.2, 0) is 18.2 Å². The average molecular weight is 256 g/mol. The second-order valence-corrected chi connectivity index (χ2v) is 5.05. The molecule has 0 saturated carbocycles. The Balaban J connectivity index is 2.07. The minimum absolute atomic E-state index is 0.163. The molecule has 0 spiro atoms. The van der Waals surface area contributed by atoms with E-state index in [1.807, 2.05) is 7.05 Å². The third kappa shape index (κ3) is 2.20. The number of fused-ring (bicyclic) bond motifs is 1. The highest BCUT2D eigenvalue weighted by molar-refractivity contribution is 5.69. The zero-order valence-corrected chi connectivity index (χ0v) is 11.5. The fraction of sp³-hybridized carbons (Fsp3) is 0.375. The standard InChI is InChI=1S/C16H20N2O/c1-17-10-15-16-13(8-9-19-15)14(11-18(16)2)12-6-4-3-5-7-12/h3-7,11,15,17H,8-10H2,1-2H3. The van der Waals surface area contributed by atoms with Crippen LogP contribution in [0.25, 0.3) is 11.1 Å². The molecule has 1 aliphatic heterocycles. The molecular formula is C16H20N2O. The highest BCUT2D eigenvalue weighted by atomic mass is 16.5. The molecule has 0 bridgehead atoms. The van der Waals surface area contributed by atoms with Gasteiger partial charge in [0.2, 0.25) is 0 Å². The lowest BCUT2D eigenvalue weighted by atomic mass is 9.97. The van der Waals surface area contributed by atoms with Crippen LogP contribution >= 0.6 is 0 Å². The molecule has 1 aliphatic rings. The number of benzene rings is 1. The van der Waals surface area contributed by atoms with Crippen LogP contribution in [-0.4, -0.2) is 24.8 Å². The van der Waals surface area contributed by atoms with Gasteiger partial charge in [0, 0.05) is 25.4 Å². The first-order valence-electron chi connectivity index (χ1n) is 6.81. The fourth-order valence-corrected chi connectivity index (χ4v) is 2.97. The molecule has 2 heterocycles. The molecule has 1 atom stereocenters. The third-order valence-electron chi connectivity index (χ3n) is 3.79.